The van der Waals surface area contributed by atoms with Gasteiger partial charge in [-0.15, -0.1) is 0 Å². The molecule has 0 fully saturated rings. The van der Waals surface area contributed by atoms with Crippen LogP contribution in [0.4, 0.5) is 0 Å². The van der Waals surface area contributed by atoms with Crippen LogP contribution in [-0.2, 0) is 0 Å². The number of benzene rings is 1. The molecule has 1 aromatic carbocycles. The maximum Gasteiger partial charge on any atom is 0.253 e. The Bertz CT molecular complexity index is 554. The van der Waals surface area contributed by atoms with Gasteiger partial charge in [0, 0.05) is 19.2 Å². The first-order valence-corrected chi connectivity index (χ1v) is 6.15. The van der Waals surface area contributed by atoms with Gasteiger partial charge in [-0.2, -0.15) is 5.26 Å². The van der Waals surface area contributed by atoms with Crippen molar-refractivity contribution in [2.45, 2.75) is 6.92 Å². The second-order valence-corrected chi connectivity index (χ2v) is 4.81. The maximum atomic E-state index is 12.2. The lowest BCUT2D eigenvalue weighted by Crippen LogP contribution is -2.30. The van der Waals surface area contributed by atoms with Gasteiger partial charge in [-0.3, -0.25) is 4.79 Å². The van der Waals surface area contributed by atoms with Gasteiger partial charge >= 0.3 is 0 Å². The summed E-state index contributed by atoms with van der Waals surface area (Å²) in [6, 6.07) is 5.24. The molecule has 1 aliphatic heterocycles. The maximum absolute atomic E-state index is 12.2. The summed E-state index contributed by atoms with van der Waals surface area (Å²) < 4.78 is 10.4. The largest absolute Gasteiger partial charge is 0.454 e. The van der Waals surface area contributed by atoms with E-state index in [1.54, 1.807) is 26.1 Å². The smallest absolute Gasteiger partial charge is 0.253 e. The summed E-state index contributed by atoms with van der Waals surface area (Å²) in [7, 11) is 1.65. The van der Waals surface area contributed by atoms with E-state index in [-0.39, 0.29) is 18.6 Å². The number of carbonyl (C=O) groups is 1. The number of amides is 1. The van der Waals surface area contributed by atoms with Crippen molar-refractivity contribution in [2.24, 2.45) is 5.92 Å². The van der Waals surface area contributed by atoms with E-state index in [2.05, 4.69) is 6.07 Å². The highest BCUT2D eigenvalue weighted by Crippen LogP contribution is 2.39. The van der Waals surface area contributed by atoms with Crippen LogP contribution in [0.25, 0.3) is 0 Å². The van der Waals surface area contributed by atoms with Crippen LogP contribution in [-0.4, -0.2) is 31.2 Å². The zero-order valence-electron chi connectivity index (χ0n) is 10.6. The van der Waals surface area contributed by atoms with Gasteiger partial charge in [0.05, 0.1) is 17.0 Å². The number of nitrogens with zero attached hydrogens (tertiary/aromatic N) is 2. The number of carbonyl (C=O) groups excluding carboxylic acids is 1. The Morgan fingerprint density at radius 3 is 3.00 bits per heavy atom. The number of hydrogen-bond donors (Lipinski definition) is 0. The summed E-state index contributed by atoms with van der Waals surface area (Å²) in [4.78, 5) is 13.7. The van der Waals surface area contributed by atoms with Gasteiger partial charge in [-0.25, -0.2) is 0 Å². The molecule has 2 rings (SSSR count). The van der Waals surface area contributed by atoms with E-state index in [1.165, 1.54) is 4.90 Å². The Balaban J connectivity index is 2.21. The van der Waals surface area contributed by atoms with Crippen LogP contribution in [0.1, 0.15) is 17.3 Å². The summed E-state index contributed by atoms with van der Waals surface area (Å²) in [5.74, 6) is 0.504. The summed E-state index contributed by atoms with van der Waals surface area (Å²) in [6.45, 7) is 2.23. The van der Waals surface area contributed by atoms with Crippen LogP contribution in [0.15, 0.2) is 12.1 Å². The summed E-state index contributed by atoms with van der Waals surface area (Å²) >= 11 is 6.03. The normalized spacial score (nSPS) is 13.8. The number of halogens is 1. The molecule has 1 aromatic rings. The van der Waals surface area contributed by atoms with Crippen LogP contribution in [0.5, 0.6) is 11.5 Å². The Kier molecular flexibility index (Phi) is 3.82. The highest BCUT2D eigenvalue weighted by atomic mass is 35.5. The first-order chi connectivity index (χ1) is 9.02. The quantitative estimate of drug-likeness (QED) is 0.852. The van der Waals surface area contributed by atoms with Crippen molar-refractivity contribution in [1.29, 1.82) is 5.26 Å². The van der Waals surface area contributed by atoms with Crippen molar-refractivity contribution in [3.05, 3.63) is 22.7 Å². The molecule has 0 unspecified atom stereocenters. The van der Waals surface area contributed by atoms with Crippen LogP contribution < -0.4 is 9.47 Å². The van der Waals surface area contributed by atoms with Crippen molar-refractivity contribution in [2.75, 3.05) is 20.4 Å². The van der Waals surface area contributed by atoms with Crippen LogP contribution in [0.3, 0.4) is 0 Å². The number of fused-ring (bicyclic) bond motifs is 1. The number of ether oxygens (including phenoxy) is 2. The van der Waals surface area contributed by atoms with E-state index in [4.69, 9.17) is 26.3 Å². The average Bonchev–Trinajstić information content (AvgIpc) is 2.86. The third kappa shape index (κ3) is 2.74. The van der Waals surface area contributed by atoms with Crippen molar-refractivity contribution in [1.82, 2.24) is 4.90 Å². The summed E-state index contributed by atoms with van der Waals surface area (Å²) in [5, 5.41) is 9.11. The number of hydrogen-bond acceptors (Lipinski definition) is 4. The summed E-state index contributed by atoms with van der Waals surface area (Å²) in [6.07, 6.45) is 0. The molecule has 1 heterocycles. The molecule has 0 N–H and O–H groups in total. The molecule has 19 heavy (non-hydrogen) atoms. The van der Waals surface area contributed by atoms with Crippen molar-refractivity contribution >= 4 is 17.5 Å². The monoisotopic (exact) mass is 280 g/mol. The molecule has 1 aliphatic rings. The van der Waals surface area contributed by atoms with Gasteiger partial charge in [-0.1, -0.05) is 11.6 Å². The highest BCUT2D eigenvalue weighted by molar-refractivity contribution is 6.32. The number of rotatable bonds is 3. The third-order valence-corrected chi connectivity index (χ3v) is 3.07. The predicted octanol–water partition coefficient (Wildman–Crippen LogP) is 2.30. The van der Waals surface area contributed by atoms with Crippen LogP contribution >= 0.6 is 11.6 Å². The van der Waals surface area contributed by atoms with E-state index >= 15 is 0 Å². The van der Waals surface area contributed by atoms with E-state index in [0.29, 0.717) is 28.6 Å². The lowest BCUT2D eigenvalue weighted by atomic mass is 10.1. The van der Waals surface area contributed by atoms with Crippen molar-refractivity contribution < 1.29 is 14.3 Å². The van der Waals surface area contributed by atoms with E-state index < -0.39 is 0 Å². The minimum atomic E-state index is -0.224. The average molecular weight is 281 g/mol. The molecule has 1 atom stereocenters. The van der Waals surface area contributed by atoms with Crippen LogP contribution in [0, 0.1) is 17.2 Å². The fraction of sp³-hybridized carbons (Fsp3) is 0.385. The van der Waals surface area contributed by atoms with Crippen LogP contribution in [0.2, 0.25) is 5.02 Å². The molecule has 0 bridgehead atoms. The van der Waals surface area contributed by atoms with Gasteiger partial charge < -0.3 is 14.4 Å². The molecule has 0 aromatic heterocycles. The molecule has 100 valence electrons. The van der Waals surface area contributed by atoms with E-state index in [0.717, 1.165) is 0 Å². The van der Waals surface area contributed by atoms with Crippen molar-refractivity contribution in [3.63, 3.8) is 0 Å². The summed E-state index contributed by atoms with van der Waals surface area (Å²) in [5.41, 5.74) is 0.418. The third-order valence-electron chi connectivity index (χ3n) is 2.79. The molecular weight excluding hydrogens is 268 g/mol. The second kappa shape index (κ2) is 5.37. The minimum absolute atomic E-state index is 0.105. The lowest BCUT2D eigenvalue weighted by molar-refractivity contribution is 0.0784. The fourth-order valence-corrected chi connectivity index (χ4v) is 2.11. The molecule has 5 nitrogen and oxygen atoms in total. The fourth-order valence-electron chi connectivity index (χ4n) is 1.85. The van der Waals surface area contributed by atoms with E-state index in [9.17, 15) is 4.79 Å². The minimum Gasteiger partial charge on any atom is -0.454 e. The van der Waals surface area contributed by atoms with Crippen molar-refractivity contribution in [3.8, 4) is 17.6 Å². The zero-order chi connectivity index (χ0) is 14.0. The topological polar surface area (TPSA) is 62.6 Å². The Hall–Kier alpha value is -1.93. The SMILES string of the molecule is C[C@H](C#N)CN(C)C(=O)c1cc(Cl)c2c(c1)OCO2. The molecule has 6 heteroatoms. The van der Waals surface area contributed by atoms with Gasteiger partial charge in [0.25, 0.3) is 5.91 Å². The van der Waals surface area contributed by atoms with Gasteiger partial charge in [-0.05, 0) is 19.1 Å². The first kappa shape index (κ1) is 13.5. The lowest BCUT2D eigenvalue weighted by Gasteiger charge is -2.18. The van der Waals surface area contributed by atoms with Gasteiger partial charge in [0.1, 0.15) is 0 Å². The molecule has 0 saturated carbocycles. The zero-order valence-corrected chi connectivity index (χ0v) is 11.4. The predicted molar refractivity (Wildman–Crippen MR) is 69.3 cm³/mol. The Labute approximate surface area is 116 Å². The second-order valence-electron chi connectivity index (χ2n) is 4.41. The molecule has 0 radical (unpaired) electrons. The molecule has 0 saturated heterocycles. The molecular formula is C13H13ClN2O3. The molecule has 1 amide bonds. The standard InChI is InChI=1S/C13H13ClN2O3/c1-8(5-15)6-16(2)13(17)9-3-10(14)12-11(4-9)18-7-19-12/h3-4,8H,6-7H2,1-2H3/t8-/m1/s1. The molecule has 0 spiro atoms. The van der Waals surface area contributed by atoms with Gasteiger partial charge in [0.2, 0.25) is 6.79 Å². The van der Waals surface area contributed by atoms with E-state index in [1.807, 2.05) is 0 Å². The highest BCUT2D eigenvalue weighted by Gasteiger charge is 2.22. The number of nitriles is 1. The Morgan fingerprint density at radius 1 is 1.58 bits per heavy atom. The van der Waals surface area contributed by atoms with Gasteiger partial charge in [0.15, 0.2) is 11.5 Å². The first-order valence-electron chi connectivity index (χ1n) is 5.77. The Morgan fingerprint density at radius 2 is 2.32 bits per heavy atom. The molecule has 0 aliphatic carbocycles.